The largest absolute Gasteiger partial charge is 0.469 e. The number of methoxy groups -OCH3 is 1. The number of para-hydroxylation sites is 1. The van der Waals surface area contributed by atoms with Gasteiger partial charge in [0.15, 0.2) is 5.43 Å². The van der Waals surface area contributed by atoms with Crippen LogP contribution in [0.4, 0.5) is 0 Å². The molecular weight excluding hydrogens is 384 g/mol. The molecule has 0 radical (unpaired) electrons. The summed E-state index contributed by atoms with van der Waals surface area (Å²) in [6.45, 7) is 0. The number of carbonyl (C=O) groups excluding carboxylic acids is 1. The quantitative estimate of drug-likeness (QED) is 0.481. The Hall–Kier alpha value is -3.87. The van der Waals surface area contributed by atoms with E-state index >= 15 is 0 Å². The average molecular weight is 404 g/mol. The van der Waals surface area contributed by atoms with E-state index in [1.165, 1.54) is 13.4 Å². The fraction of sp³-hybridized carbons (Fsp3) is 0.174. The highest BCUT2D eigenvalue weighted by atomic mass is 16.5. The molecule has 0 aliphatic rings. The monoisotopic (exact) mass is 404 g/mol. The third-order valence-corrected chi connectivity index (χ3v) is 5.15. The first-order valence-corrected chi connectivity index (χ1v) is 9.49. The predicted molar refractivity (Wildman–Crippen MR) is 112 cm³/mol. The Morgan fingerprint density at radius 3 is 2.53 bits per heavy atom. The summed E-state index contributed by atoms with van der Waals surface area (Å²) in [5, 5.41) is 5.88. The number of esters is 1. The molecule has 2 aromatic heterocycles. The van der Waals surface area contributed by atoms with Gasteiger partial charge in [-0.3, -0.25) is 19.5 Å². The van der Waals surface area contributed by atoms with Crippen LogP contribution in [-0.2, 0) is 16.0 Å². The number of benzene rings is 2. The van der Waals surface area contributed by atoms with Crippen molar-refractivity contribution < 1.29 is 13.9 Å². The molecule has 0 saturated heterocycles. The van der Waals surface area contributed by atoms with E-state index < -0.39 is 11.9 Å². The van der Waals surface area contributed by atoms with Crippen molar-refractivity contribution >= 4 is 16.9 Å². The number of fused-ring (bicyclic) bond motifs is 1. The van der Waals surface area contributed by atoms with Gasteiger partial charge >= 0.3 is 5.97 Å². The summed E-state index contributed by atoms with van der Waals surface area (Å²) < 4.78 is 10.5. The molecule has 0 fully saturated rings. The lowest BCUT2D eigenvalue weighted by atomic mass is 9.87. The van der Waals surface area contributed by atoms with E-state index in [4.69, 9.17) is 9.15 Å². The molecule has 1 atom stereocenters. The standard InChI is InChI=1S/C23H20N2O5/c1-29-20(26)12-16(17-13-30-19-10-6-5-9-15(19)22(17)27)21-18(24-25-23(21)28)11-14-7-3-2-4-8-14/h2-10,13,16H,11-12H2,1H3,(H2,24,25,28)/t16-/m0/s1. The molecule has 0 spiro atoms. The van der Waals surface area contributed by atoms with E-state index in [9.17, 15) is 14.4 Å². The van der Waals surface area contributed by atoms with Gasteiger partial charge in [0.2, 0.25) is 0 Å². The predicted octanol–water partition coefficient (Wildman–Crippen LogP) is 3.10. The summed E-state index contributed by atoms with van der Waals surface area (Å²) in [5.41, 5.74) is 1.92. The van der Waals surface area contributed by atoms with Crippen molar-refractivity contribution in [1.29, 1.82) is 0 Å². The van der Waals surface area contributed by atoms with Gasteiger partial charge in [0.05, 0.1) is 25.2 Å². The fourth-order valence-corrected chi connectivity index (χ4v) is 3.66. The van der Waals surface area contributed by atoms with Gasteiger partial charge in [-0.15, -0.1) is 0 Å². The summed E-state index contributed by atoms with van der Waals surface area (Å²) in [4.78, 5) is 38.1. The van der Waals surface area contributed by atoms with Crippen LogP contribution in [0.3, 0.4) is 0 Å². The van der Waals surface area contributed by atoms with Crippen molar-refractivity contribution in [3.63, 3.8) is 0 Å². The second-order valence-corrected chi connectivity index (χ2v) is 6.98. The SMILES string of the molecule is COC(=O)C[C@H](c1c(Cc2ccccc2)[nH][nH]c1=O)c1coc2ccccc2c1=O. The summed E-state index contributed by atoms with van der Waals surface area (Å²) in [6.07, 6.45) is 1.60. The zero-order chi connectivity index (χ0) is 21.1. The number of aromatic nitrogens is 2. The van der Waals surface area contributed by atoms with Gasteiger partial charge in [-0.2, -0.15) is 0 Å². The Bertz CT molecular complexity index is 1300. The Kier molecular flexibility index (Phi) is 5.34. The highest BCUT2D eigenvalue weighted by Gasteiger charge is 2.29. The molecule has 2 N–H and O–H groups in total. The lowest BCUT2D eigenvalue weighted by Crippen LogP contribution is -2.23. The second kappa shape index (κ2) is 8.24. The molecule has 7 heteroatoms. The minimum Gasteiger partial charge on any atom is -0.469 e. The molecule has 0 unspecified atom stereocenters. The van der Waals surface area contributed by atoms with Gasteiger partial charge in [0.25, 0.3) is 5.56 Å². The molecule has 0 aliphatic carbocycles. The van der Waals surface area contributed by atoms with E-state index in [-0.39, 0.29) is 23.0 Å². The Morgan fingerprint density at radius 2 is 1.77 bits per heavy atom. The van der Waals surface area contributed by atoms with Crippen LogP contribution in [0.1, 0.15) is 34.7 Å². The topological polar surface area (TPSA) is 105 Å². The van der Waals surface area contributed by atoms with E-state index in [0.717, 1.165) is 5.56 Å². The number of rotatable bonds is 6. The average Bonchev–Trinajstić information content (AvgIpc) is 3.13. The smallest absolute Gasteiger partial charge is 0.306 e. The fourth-order valence-electron chi connectivity index (χ4n) is 3.66. The minimum absolute atomic E-state index is 0.164. The summed E-state index contributed by atoms with van der Waals surface area (Å²) >= 11 is 0. The lowest BCUT2D eigenvalue weighted by Gasteiger charge is -2.15. The summed E-state index contributed by atoms with van der Waals surface area (Å²) in [5.74, 6) is -1.34. The molecule has 2 aromatic carbocycles. The number of carbonyl (C=O) groups is 1. The molecule has 4 aromatic rings. The van der Waals surface area contributed by atoms with Gasteiger partial charge in [-0.05, 0) is 17.7 Å². The number of hydrogen-bond donors (Lipinski definition) is 2. The summed E-state index contributed by atoms with van der Waals surface area (Å²) in [7, 11) is 1.27. The highest BCUT2D eigenvalue weighted by molar-refractivity contribution is 5.77. The number of ether oxygens (including phenoxy) is 1. The molecule has 0 aliphatic heterocycles. The Balaban J connectivity index is 1.86. The van der Waals surface area contributed by atoms with Crippen LogP contribution in [0, 0.1) is 0 Å². The van der Waals surface area contributed by atoms with Crippen molar-refractivity contribution in [3.05, 3.63) is 104 Å². The first-order valence-electron chi connectivity index (χ1n) is 9.49. The van der Waals surface area contributed by atoms with Crippen LogP contribution >= 0.6 is 0 Å². The number of aromatic amines is 2. The molecule has 0 amide bonds. The first-order chi connectivity index (χ1) is 14.6. The van der Waals surface area contributed by atoms with Gasteiger partial charge in [0, 0.05) is 29.2 Å². The van der Waals surface area contributed by atoms with Crippen LogP contribution in [-0.4, -0.2) is 23.3 Å². The maximum Gasteiger partial charge on any atom is 0.306 e. The Morgan fingerprint density at radius 1 is 1.03 bits per heavy atom. The van der Waals surface area contributed by atoms with Crippen molar-refractivity contribution in [1.82, 2.24) is 10.2 Å². The van der Waals surface area contributed by atoms with E-state index in [0.29, 0.717) is 28.6 Å². The van der Waals surface area contributed by atoms with Crippen molar-refractivity contribution in [3.8, 4) is 0 Å². The van der Waals surface area contributed by atoms with Crippen molar-refractivity contribution in [2.75, 3.05) is 7.11 Å². The van der Waals surface area contributed by atoms with E-state index in [2.05, 4.69) is 10.2 Å². The molecular formula is C23H20N2O5. The molecule has 4 rings (SSSR count). The van der Waals surface area contributed by atoms with Crippen LogP contribution < -0.4 is 11.0 Å². The second-order valence-electron chi connectivity index (χ2n) is 6.98. The van der Waals surface area contributed by atoms with Gasteiger partial charge in [0.1, 0.15) is 5.58 Å². The van der Waals surface area contributed by atoms with Gasteiger partial charge in [-0.25, -0.2) is 0 Å². The zero-order valence-corrected chi connectivity index (χ0v) is 16.3. The van der Waals surface area contributed by atoms with Gasteiger partial charge < -0.3 is 14.3 Å². The molecule has 2 heterocycles. The Labute approximate surface area is 171 Å². The maximum atomic E-state index is 13.2. The number of H-pyrrole nitrogens is 2. The lowest BCUT2D eigenvalue weighted by molar-refractivity contribution is -0.140. The van der Waals surface area contributed by atoms with Crippen molar-refractivity contribution in [2.45, 2.75) is 18.8 Å². The molecule has 30 heavy (non-hydrogen) atoms. The molecule has 0 bridgehead atoms. The summed E-state index contributed by atoms with van der Waals surface area (Å²) in [6, 6.07) is 16.5. The minimum atomic E-state index is -0.813. The van der Waals surface area contributed by atoms with E-state index in [1.54, 1.807) is 24.3 Å². The van der Waals surface area contributed by atoms with Crippen LogP contribution in [0.5, 0.6) is 0 Å². The first kappa shape index (κ1) is 19.4. The van der Waals surface area contributed by atoms with Crippen LogP contribution in [0.15, 0.2) is 74.9 Å². The van der Waals surface area contributed by atoms with Crippen LogP contribution in [0.2, 0.25) is 0 Å². The maximum absolute atomic E-state index is 13.2. The third-order valence-electron chi connectivity index (χ3n) is 5.15. The highest BCUT2D eigenvalue weighted by Crippen LogP contribution is 2.28. The third kappa shape index (κ3) is 3.69. The van der Waals surface area contributed by atoms with Crippen molar-refractivity contribution in [2.24, 2.45) is 0 Å². The molecule has 7 nitrogen and oxygen atoms in total. The van der Waals surface area contributed by atoms with Crippen LogP contribution in [0.25, 0.3) is 11.0 Å². The van der Waals surface area contributed by atoms with Gasteiger partial charge in [-0.1, -0.05) is 42.5 Å². The zero-order valence-electron chi connectivity index (χ0n) is 16.3. The molecule has 152 valence electrons. The molecule has 0 saturated carbocycles. The number of nitrogens with one attached hydrogen (secondary N) is 2. The van der Waals surface area contributed by atoms with E-state index in [1.807, 2.05) is 30.3 Å². The normalized spacial score (nSPS) is 12.0. The number of hydrogen-bond acceptors (Lipinski definition) is 5.